The van der Waals surface area contributed by atoms with Gasteiger partial charge in [0, 0.05) is 24.6 Å². The lowest BCUT2D eigenvalue weighted by Gasteiger charge is -2.08. The molecule has 4 nitrogen and oxygen atoms in total. The summed E-state index contributed by atoms with van der Waals surface area (Å²) in [5.74, 6) is 2.82. The van der Waals surface area contributed by atoms with Gasteiger partial charge in [0.15, 0.2) is 0 Å². The van der Waals surface area contributed by atoms with E-state index in [2.05, 4.69) is 10.4 Å². The predicted octanol–water partition coefficient (Wildman–Crippen LogP) is 3.55. The average Bonchev–Trinajstić information content (AvgIpc) is 3.11. The van der Waals surface area contributed by atoms with Crippen LogP contribution in [0.25, 0.3) is 10.6 Å². The number of anilines is 1. The molecule has 1 aliphatic rings. The minimum atomic E-state index is -0.00969. The number of hydrogen-bond acceptors (Lipinski definition) is 5. The highest BCUT2D eigenvalue weighted by atomic mass is 35.5. The first-order valence-electron chi connectivity index (χ1n) is 5.97. The second kappa shape index (κ2) is 6.01. The topological polar surface area (TPSA) is 46.9 Å². The van der Waals surface area contributed by atoms with Crippen LogP contribution in [-0.2, 0) is 11.8 Å². The van der Waals surface area contributed by atoms with Crippen molar-refractivity contribution in [3.05, 3.63) is 22.5 Å². The second-order valence-corrected chi connectivity index (χ2v) is 8.64. The van der Waals surface area contributed by atoms with Crippen molar-refractivity contribution in [1.82, 2.24) is 9.78 Å². The molecule has 1 saturated heterocycles. The first-order valence-corrected chi connectivity index (χ1v) is 9.26. The van der Waals surface area contributed by atoms with Gasteiger partial charge in [0.2, 0.25) is 5.91 Å². The molecule has 8 heteroatoms. The van der Waals surface area contributed by atoms with E-state index in [1.165, 1.54) is 11.3 Å². The number of aromatic nitrogens is 2. The first kappa shape index (κ1) is 14.3. The molecule has 0 atom stereocenters. The maximum Gasteiger partial charge on any atom is 0.248 e. The number of thioether (sulfide) groups is 2. The van der Waals surface area contributed by atoms with E-state index in [0.717, 1.165) is 26.4 Å². The molecule has 1 amide bonds. The Bertz CT molecular complexity index is 634. The molecule has 20 heavy (non-hydrogen) atoms. The Morgan fingerprint density at radius 1 is 1.45 bits per heavy atom. The lowest BCUT2D eigenvalue weighted by molar-refractivity contribution is -0.114. The molecule has 2 aromatic heterocycles. The molecule has 1 N–H and O–H groups in total. The van der Waals surface area contributed by atoms with Crippen LogP contribution in [0, 0.1) is 0 Å². The summed E-state index contributed by atoms with van der Waals surface area (Å²) < 4.78 is 2.41. The number of amides is 1. The number of rotatable bonds is 3. The van der Waals surface area contributed by atoms with E-state index in [1.54, 1.807) is 28.2 Å². The summed E-state index contributed by atoms with van der Waals surface area (Å²) >= 11 is 10.8. The molecule has 0 aliphatic carbocycles. The summed E-state index contributed by atoms with van der Waals surface area (Å²) in [6.45, 7) is 0. The predicted molar refractivity (Wildman–Crippen MR) is 88.9 cm³/mol. The van der Waals surface area contributed by atoms with Gasteiger partial charge in [0.25, 0.3) is 0 Å². The summed E-state index contributed by atoms with van der Waals surface area (Å²) in [6.07, 6.45) is 0. The van der Waals surface area contributed by atoms with Crippen molar-refractivity contribution in [3.8, 4) is 10.6 Å². The van der Waals surface area contributed by atoms with Gasteiger partial charge in [0.1, 0.15) is 16.1 Å². The number of carbonyl (C=O) groups is 1. The fourth-order valence-corrected chi connectivity index (χ4v) is 5.43. The second-order valence-electron chi connectivity index (χ2n) is 4.20. The Kier molecular flexibility index (Phi) is 4.30. The molecule has 1 fully saturated rings. The number of nitrogens with zero attached hydrogens (tertiary/aromatic N) is 2. The molecule has 0 radical (unpaired) electrons. The number of hydrogen-bond donors (Lipinski definition) is 1. The molecule has 106 valence electrons. The van der Waals surface area contributed by atoms with Crippen LogP contribution in [-0.4, -0.2) is 31.8 Å². The Balaban J connectivity index is 1.77. The highest BCUT2D eigenvalue weighted by molar-refractivity contribution is 8.21. The monoisotopic (exact) mass is 345 g/mol. The van der Waals surface area contributed by atoms with E-state index in [9.17, 15) is 4.79 Å². The normalized spacial score (nSPS) is 15.7. The maximum atomic E-state index is 12.1. The number of aryl methyl sites for hydroxylation is 1. The Hall–Kier alpha value is -0.630. The van der Waals surface area contributed by atoms with Crippen LogP contribution in [0.5, 0.6) is 0 Å². The fraction of sp³-hybridized carbons (Fsp3) is 0.333. The zero-order valence-corrected chi connectivity index (χ0v) is 13.8. The molecule has 2 aromatic rings. The molecule has 1 aliphatic heterocycles. The van der Waals surface area contributed by atoms with Crippen LogP contribution in [0.4, 0.5) is 5.82 Å². The summed E-state index contributed by atoms with van der Waals surface area (Å²) in [4.78, 5) is 13.1. The van der Waals surface area contributed by atoms with E-state index in [1.807, 2.05) is 25.2 Å². The van der Waals surface area contributed by atoms with Gasteiger partial charge < -0.3 is 5.32 Å². The third-order valence-electron chi connectivity index (χ3n) is 2.79. The van der Waals surface area contributed by atoms with Crippen molar-refractivity contribution in [1.29, 1.82) is 0 Å². The van der Waals surface area contributed by atoms with Gasteiger partial charge in [-0.3, -0.25) is 9.48 Å². The van der Waals surface area contributed by atoms with Crippen LogP contribution in [0.2, 0.25) is 4.34 Å². The van der Waals surface area contributed by atoms with Gasteiger partial charge in [-0.2, -0.15) is 5.10 Å². The Labute approximate surface area is 134 Å². The van der Waals surface area contributed by atoms with Crippen molar-refractivity contribution < 1.29 is 4.79 Å². The SMILES string of the molecule is Cn1nc(-c2ccc(Cl)s2)cc1NC(=O)C1SCCS1. The van der Waals surface area contributed by atoms with Crippen LogP contribution in [0.1, 0.15) is 0 Å². The van der Waals surface area contributed by atoms with Crippen LogP contribution in [0.15, 0.2) is 18.2 Å². The third kappa shape index (κ3) is 3.00. The molecule has 0 saturated carbocycles. The van der Waals surface area contributed by atoms with Crippen molar-refractivity contribution in [2.75, 3.05) is 16.8 Å². The van der Waals surface area contributed by atoms with Crippen molar-refractivity contribution in [2.24, 2.45) is 7.05 Å². The Morgan fingerprint density at radius 2 is 2.20 bits per heavy atom. The summed E-state index contributed by atoms with van der Waals surface area (Å²) in [5, 5.41) is 7.35. The summed E-state index contributed by atoms with van der Waals surface area (Å²) in [7, 11) is 1.82. The van der Waals surface area contributed by atoms with Gasteiger partial charge in [-0.05, 0) is 12.1 Å². The average molecular weight is 346 g/mol. The molecule has 0 spiro atoms. The molecule has 0 aromatic carbocycles. The van der Waals surface area contributed by atoms with E-state index in [4.69, 9.17) is 11.6 Å². The number of nitrogens with one attached hydrogen (secondary N) is 1. The molecular formula is C12H12ClN3OS3. The number of halogens is 1. The van der Waals surface area contributed by atoms with Gasteiger partial charge >= 0.3 is 0 Å². The van der Waals surface area contributed by atoms with Gasteiger partial charge in [0.05, 0.1) is 9.21 Å². The van der Waals surface area contributed by atoms with E-state index >= 15 is 0 Å². The summed E-state index contributed by atoms with van der Waals surface area (Å²) in [5.41, 5.74) is 0.825. The molecular weight excluding hydrogens is 334 g/mol. The summed E-state index contributed by atoms with van der Waals surface area (Å²) in [6, 6.07) is 5.66. The van der Waals surface area contributed by atoms with Crippen LogP contribution >= 0.6 is 46.5 Å². The van der Waals surface area contributed by atoms with Crippen molar-refractivity contribution >= 4 is 58.2 Å². The minimum absolute atomic E-state index is 0.00969. The minimum Gasteiger partial charge on any atom is -0.309 e. The molecule has 0 unspecified atom stereocenters. The van der Waals surface area contributed by atoms with Crippen LogP contribution in [0.3, 0.4) is 0 Å². The van der Waals surface area contributed by atoms with Gasteiger partial charge in [-0.1, -0.05) is 11.6 Å². The highest BCUT2D eigenvalue weighted by Gasteiger charge is 2.25. The number of carbonyl (C=O) groups excluding carboxylic acids is 1. The maximum absolute atomic E-state index is 12.1. The number of thiophene rings is 1. The van der Waals surface area contributed by atoms with Crippen molar-refractivity contribution in [2.45, 2.75) is 4.58 Å². The zero-order chi connectivity index (χ0) is 14.1. The van der Waals surface area contributed by atoms with Gasteiger partial charge in [-0.15, -0.1) is 34.9 Å². The molecule has 3 rings (SSSR count). The lowest BCUT2D eigenvalue weighted by Crippen LogP contribution is -2.22. The largest absolute Gasteiger partial charge is 0.309 e. The van der Waals surface area contributed by atoms with E-state index in [0.29, 0.717) is 5.82 Å². The fourth-order valence-electron chi connectivity index (χ4n) is 1.85. The quantitative estimate of drug-likeness (QED) is 0.924. The lowest BCUT2D eigenvalue weighted by atomic mass is 10.3. The van der Waals surface area contributed by atoms with Crippen LogP contribution < -0.4 is 5.32 Å². The third-order valence-corrected chi connectivity index (χ3v) is 7.03. The smallest absolute Gasteiger partial charge is 0.248 e. The van der Waals surface area contributed by atoms with E-state index < -0.39 is 0 Å². The Morgan fingerprint density at radius 3 is 2.85 bits per heavy atom. The first-order chi connectivity index (χ1) is 9.63. The van der Waals surface area contributed by atoms with E-state index in [-0.39, 0.29) is 10.5 Å². The standard InChI is InChI=1S/C12H12ClN3OS3/c1-16-10(14-11(17)12-18-4-5-19-12)6-7(15-16)8-2-3-9(13)20-8/h2-3,6,12H,4-5H2,1H3,(H,14,17). The van der Waals surface area contributed by atoms with Gasteiger partial charge in [-0.25, -0.2) is 0 Å². The molecule has 0 bridgehead atoms. The van der Waals surface area contributed by atoms with Crippen molar-refractivity contribution in [3.63, 3.8) is 0 Å². The zero-order valence-electron chi connectivity index (χ0n) is 10.6. The molecule has 3 heterocycles. The highest BCUT2D eigenvalue weighted by Crippen LogP contribution is 2.34.